The van der Waals surface area contributed by atoms with Gasteiger partial charge in [-0.2, -0.15) is 0 Å². The summed E-state index contributed by atoms with van der Waals surface area (Å²) in [5.74, 6) is 0.592. The van der Waals surface area contributed by atoms with Gasteiger partial charge in [0, 0.05) is 23.1 Å². The highest BCUT2D eigenvalue weighted by molar-refractivity contribution is 7.99. The molecule has 0 saturated carbocycles. The first kappa shape index (κ1) is 20.2. The van der Waals surface area contributed by atoms with E-state index >= 15 is 0 Å². The number of amides is 1. The third-order valence-corrected chi connectivity index (χ3v) is 5.38. The Balaban J connectivity index is 1.50. The molecule has 1 aromatic carbocycles. The monoisotopic (exact) mass is 416 g/mol. The molecule has 0 bridgehead atoms. The number of carbonyl (C=O) groups is 2. The van der Waals surface area contributed by atoms with Crippen molar-refractivity contribution in [2.45, 2.75) is 38.3 Å². The molecule has 9 heteroatoms. The Bertz CT molecular complexity index is 950. The quantitative estimate of drug-likeness (QED) is 0.413. The average Bonchev–Trinajstić information content (AvgIpc) is 3.29. The Morgan fingerprint density at radius 3 is 2.68 bits per heavy atom. The first-order valence-corrected chi connectivity index (χ1v) is 10.7. The van der Waals surface area contributed by atoms with Crippen LogP contribution in [-0.4, -0.2) is 32.6 Å². The van der Waals surface area contributed by atoms with Gasteiger partial charge in [0.05, 0.1) is 22.9 Å². The SMILES string of the molecule is CCCC(=O)Nc1ccc(C(=O)CSc2nnc(Cc3csc(C)n3)o2)cc1. The normalized spacial score (nSPS) is 10.8. The van der Waals surface area contributed by atoms with Crippen LogP contribution in [-0.2, 0) is 11.2 Å². The van der Waals surface area contributed by atoms with Gasteiger partial charge in [0.1, 0.15) is 0 Å². The third kappa shape index (κ3) is 5.74. The highest BCUT2D eigenvalue weighted by atomic mass is 32.2. The van der Waals surface area contributed by atoms with Gasteiger partial charge in [0.25, 0.3) is 5.22 Å². The van der Waals surface area contributed by atoms with Crippen molar-refractivity contribution in [3.05, 3.63) is 51.8 Å². The van der Waals surface area contributed by atoms with E-state index in [2.05, 4.69) is 20.5 Å². The van der Waals surface area contributed by atoms with E-state index in [9.17, 15) is 9.59 Å². The maximum Gasteiger partial charge on any atom is 0.277 e. The summed E-state index contributed by atoms with van der Waals surface area (Å²) in [6.45, 7) is 3.89. The van der Waals surface area contributed by atoms with E-state index in [0.717, 1.165) is 17.1 Å². The van der Waals surface area contributed by atoms with Crippen LogP contribution in [0.15, 0.2) is 39.3 Å². The zero-order chi connectivity index (χ0) is 19.9. The summed E-state index contributed by atoms with van der Waals surface area (Å²) >= 11 is 2.78. The highest BCUT2D eigenvalue weighted by Crippen LogP contribution is 2.20. The number of thioether (sulfide) groups is 1. The van der Waals surface area contributed by atoms with Crippen molar-refractivity contribution < 1.29 is 14.0 Å². The van der Waals surface area contributed by atoms with Crippen molar-refractivity contribution in [3.63, 3.8) is 0 Å². The molecule has 0 aliphatic rings. The maximum atomic E-state index is 12.3. The van der Waals surface area contributed by atoms with Crippen molar-refractivity contribution in [1.29, 1.82) is 0 Å². The Morgan fingerprint density at radius 2 is 2.00 bits per heavy atom. The number of aryl methyl sites for hydroxylation is 1. The minimum Gasteiger partial charge on any atom is -0.416 e. The molecule has 146 valence electrons. The molecule has 3 rings (SSSR count). The topological polar surface area (TPSA) is 98.0 Å². The molecule has 0 unspecified atom stereocenters. The molecule has 2 aromatic heterocycles. The van der Waals surface area contributed by atoms with Crippen LogP contribution >= 0.6 is 23.1 Å². The van der Waals surface area contributed by atoms with Crippen molar-refractivity contribution in [3.8, 4) is 0 Å². The molecular formula is C19H20N4O3S2. The number of anilines is 1. The fourth-order valence-electron chi connectivity index (χ4n) is 2.41. The smallest absolute Gasteiger partial charge is 0.277 e. The van der Waals surface area contributed by atoms with Gasteiger partial charge in [-0.3, -0.25) is 9.59 Å². The van der Waals surface area contributed by atoms with Crippen LogP contribution in [0.3, 0.4) is 0 Å². The molecule has 0 aliphatic heterocycles. The van der Waals surface area contributed by atoms with Gasteiger partial charge < -0.3 is 9.73 Å². The van der Waals surface area contributed by atoms with Crippen molar-refractivity contribution >= 4 is 40.5 Å². The Morgan fingerprint density at radius 1 is 1.21 bits per heavy atom. The van der Waals surface area contributed by atoms with Gasteiger partial charge in [-0.25, -0.2) is 4.98 Å². The van der Waals surface area contributed by atoms with Crippen LogP contribution in [0.25, 0.3) is 0 Å². The van der Waals surface area contributed by atoms with E-state index in [0.29, 0.717) is 35.2 Å². The second kappa shape index (κ2) is 9.61. The highest BCUT2D eigenvalue weighted by Gasteiger charge is 2.13. The van der Waals surface area contributed by atoms with E-state index in [-0.39, 0.29) is 17.4 Å². The number of thiazole rings is 1. The zero-order valence-corrected chi connectivity index (χ0v) is 17.2. The number of hydrogen-bond donors (Lipinski definition) is 1. The second-order valence-electron chi connectivity index (χ2n) is 6.08. The van der Waals surface area contributed by atoms with Crippen molar-refractivity contribution in [2.24, 2.45) is 0 Å². The van der Waals surface area contributed by atoms with E-state index in [4.69, 9.17) is 4.42 Å². The zero-order valence-electron chi connectivity index (χ0n) is 15.6. The van der Waals surface area contributed by atoms with Gasteiger partial charge >= 0.3 is 0 Å². The summed E-state index contributed by atoms with van der Waals surface area (Å²) in [6, 6.07) is 6.86. The molecule has 1 amide bonds. The predicted molar refractivity (Wildman–Crippen MR) is 109 cm³/mol. The van der Waals surface area contributed by atoms with Crippen LogP contribution in [0.2, 0.25) is 0 Å². The number of nitrogens with one attached hydrogen (secondary N) is 1. The van der Waals surface area contributed by atoms with Gasteiger partial charge in [0.2, 0.25) is 11.8 Å². The number of Topliss-reactive ketones (excluding diaryl/α,β-unsaturated/α-hetero) is 1. The molecule has 3 aromatic rings. The molecule has 7 nitrogen and oxygen atoms in total. The number of hydrogen-bond acceptors (Lipinski definition) is 8. The molecule has 0 aliphatic carbocycles. The second-order valence-corrected chi connectivity index (χ2v) is 8.07. The van der Waals surface area contributed by atoms with E-state index in [1.807, 2.05) is 19.2 Å². The summed E-state index contributed by atoms with van der Waals surface area (Å²) < 4.78 is 5.57. The van der Waals surface area contributed by atoms with Crippen LogP contribution in [0.4, 0.5) is 5.69 Å². The molecule has 0 spiro atoms. The lowest BCUT2D eigenvalue weighted by atomic mass is 10.1. The summed E-state index contributed by atoms with van der Waals surface area (Å²) in [4.78, 5) is 28.3. The Labute approximate surface area is 171 Å². The number of carbonyl (C=O) groups excluding carboxylic acids is 2. The molecule has 28 heavy (non-hydrogen) atoms. The van der Waals surface area contributed by atoms with Gasteiger partial charge in [-0.15, -0.1) is 21.5 Å². The fourth-order valence-corrected chi connectivity index (χ4v) is 3.70. The first-order valence-electron chi connectivity index (χ1n) is 8.82. The number of benzene rings is 1. The molecule has 2 heterocycles. The largest absolute Gasteiger partial charge is 0.416 e. The van der Waals surface area contributed by atoms with Crippen LogP contribution < -0.4 is 5.32 Å². The lowest BCUT2D eigenvalue weighted by Gasteiger charge is -2.05. The molecule has 0 atom stereocenters. The van der Waals surface area contributed by atoms with E-state index in [1.165, 1.54) is 11.8 Å². The standard InChI is InChI=1S/C19H20N4O3S2/c1-3-4-17(25)21-14-7-5-13(6-8-14)16(24)11-28-19-23-22-18(26-19)9-15-10-27-12(2)20-15/h5-8,10H,3-4,9,11H2,1-2H3,(H,21,25). The minimum atomic E-state index is -0.0497. The lowest BCUT2D eigenvalue weighted by Crippen LogP contribution is -2.10. The van der Waals surface area contributed by atoms with Crippen LogP contribution in [0.1, 0.15) is 46.7 Å². The minimum absolute atomic E-state index is 0.0304. The molecule has 0 saturated heterocycles. The molecular weight excluding hydrogens is 396 g/mol. The number of ketones is 1. The lowest BCUT2D eigenvalue weighted by molar-refractivity contribution is -0.116. The third-order valence-electron chi connectivity index (χ3n) is 3.74. The van der Waals surface area contributed by atoms with Crippen LogP contribution in [0.5, 0.6) is 0 Å². The number of aromatic nitrogens is 3. The summed E-state index contributed by atoms with van der Waals surface area (Å²) in [6.07, 6.45) is 1.75. The summed E-state index contributed by atoms with van der Waals surface area (Å²) in [5, 5.41) is 14.1. The molecule has 1 N–H and O–H groups in total. The van der Waals surface area contributed by atoms with E-state index < -0.39 is 0 Å². The molecule has 0 fully saturated rings. The van der Waals surface area contributed by atoms with Gasteiger partial charge in [-0.05, 0) is 37.6 Å². The maximum absolute atomic E-state index is 12.3. The fraction of sp³-hybridized carbons (Fsp3) is 0.316. The van der Waals surface area contributed by atoms with Gasteiger partial charge in [0.15, 0.2) is 5.78 Å². The Hall–Kier alpha value is -2.52. The average molecular weight is 417 g/mol. The van der Waals surface area contributed by atoms with Crippen molar-refractivity contribution in [1.82, 2.24) is 15.2 Å². The predicted octanol–water partition coefficient (Wildman–Crippen LogP) is 4.14. The van der Waals surface area contributed by atoms with Crippen LogP contribution in [0, 0.1) is 6.92 Å². The number of nitrogens with zero attached hydrogens (tertiary/aromatic N) is 3. The molecule has 0 radical (unpaired) electrons. The van der Waals surface area contributed by atoms with Gasteiger partial charge in [-0.1, -0.05) is 18.7 Å². The van der Waals surface area contributed by atoms with E-state index in [1.54, 1.807) is 35.6 Å². The van der Waals surface area contributed by atoms with Crippen molar-refractivity contribution in [2.75, 3.05) is 11.1 Å². The first-order chi connectivity index (χ1) is 13.5. The summed E-state index contributed by atoms with van der Waals surface area (Å²) in [7, 11) is 0. The Kier molecular flexibility index (Phi) is 6.94. The summed E-state index contributed by atoms with van der Waals surface area (Å²) in [5.41, 5.74) is 2.14. The number of rotatable bonds is 9.